The number of hydrogen-bond acceptors (Lipinski definition) is 1. The van der Waals surface area contributed by atoms with Gasteiger partial charge in [0.1, 0.15) is 0 Å². The molecule has 280 valence electrons. The molecule has 0 atom stereocenters. The van der Waals surface area contributed by atoms with E-state index in [4.69, 9.17) is 0 Å². The Hall–Kier alpha value is -7.22. The summed E-state index contributed by atoms with van der Waals surface area (Å²) in [6.07, 6.45) is 0. The zero-order valence-corrected chi connectivity index (χ0v) is 33.3. The van der Waals surface area contributed by atoms with Crippen LogP contribution in [0.5, 0.6) is 0 Å². The molecule has 2 aliphatic carbocycles. The third kappa shape index (κ3) is 5.31. The summed E-state index contributed by atoms with van der Waals surface area (Å²) in [5, 5.41) is 0. The van der Waals surface area contributed by atoms with E-state index in [1.165, 1.54) is 83.6 Å². The number of fused-ring (bicyclic) bond motifs is 6. The van der Waals surface area contributed by atoms with Gasteiger partial charge in [-0.1, -0.05) is 208 Å². The van der Waals surface area contributed by atoms with Gasteiger partial charge in [-0.2, -0.15) is 0 Å². The van der Waals surface area contributed by atoms with Gasteiger partial charge in [-0.25, -0.2) is 0 Å². The van der Waals surface area contributed by atoms with E-state index in [9.17, 15) is 0 Å². The maximum Gasteiger partial charge on any atom is 0.0713 e. The molecule has 0 spiro atoms. The highest BCUT2D eigenvalue weighted by Gasteiger charge is 2.46. The molecule has 1 nitrogen and oxygen atoms in total. The molecule has 0 saturated carbocycles. The lowest BCUT2D eigenvalue weighted by molar-refractivity contribution is 0.660. The van der Waals surface area contributed by atoms with Crippen LogP contribution in [0.1, 0.15) is 47.2 Å². The lowest BCUT2D eigenvalue weighted by Gasteiger charge is -2.34. The van der Waals surface area contributed by atoms with Gasteiger partial charge in [-0.15, -0.1) is 0 Å². The van der Waals surface area contributed by atoms with Crippen LogP contribution in [0, 0.1) is 0 Å². The summed E-state index contributed by atoms with van der Waals surface area (Å²) < 4.78 is 0. The zero-order valence-electron chi connectivity index (χ0n) is 33.3. The van der Waals surface area contributed by atoms with Crippen molar-refractivity contribution in [1.29, 1.82) is 0 Å². The summed E-state index contributed by atoms with van der Waals surface area (Å²) in [4.78, 5) is 2.47. The maximum atomic E-state index is 2.47. The van der Waals surface area contributed by atoms with E-state index in [1.54, 1.807) is 0 Å². The van der Waals surface area contributed by atoms with Gasteiger partial charge in [-0.05, 0) is 103 Å². The molecule has 0 saturated heterocycles. The molecule has 0 amide bonds. The van der Waals surface area contributed by atoms with Crippen LogP contribution < -0.4 is 4.90 Å². The van der Waals surface area contributed by atoms with E-state index in [0.717, 1.165) is 11.4 Å². The average Bonchev–Trinajstić information content (AvgIpc) is 3.74. The fourth-order valence-corrected chi connectivity index (χ4v) is 10.3. The van der Waals surface area contributed by atoms with Gasteiger partial charge in [0.2, 0.25) is 0 Å². The maximum absolute atomic E-state index is 2.47. The van der Waals surface area contributed by atoms with Gasteiger partial charge in [0.05, 0.1) is 11.1 Å². The molecule has 0 unspecified atom stereocenters. The van der Waals surface area contributed by atoms with Crippen LogP contribution in [0.25, 0.3) is 44.5 Å². The number of benzene rings is 9. The zero-order chi connectivity index (χ0) is 39.6. The second-order valence-electron chi connectivity index (χ2n) is 16.4. The van der Waals surface area contributed by atoms with Crippen molar-refractivity contribution in [3.8, 4) is 44.5 Å². The van der Waals surface area contributed by atoms with Crippen LogP contribution in [-0.2, 0) is 10.8 Å². The number of anilines is 3. The van der Waals surface area contributed by atoms with Gasteiger partial charge >= 0.3 is 0 Å². The molecule has 9 aromatic carbocycles. The Morgan fingerprint density at radius 1 is 0.322 bits per heavy atom. The van der Waals surface area contributed by atoms with Gasteiger partial charge in [0.25, 0.3) is 0 Å². The fourth-order valence-electron chi connectivity index (χ4n) is 10.3. The van der Waals surface area contributed by atoms with E-state index in [2.05, 4.69) is 243 Å². The molecule has 0 aromatic heterocycles. The second-order valence-corrected chi connectivity index (χ2v) is 16.4. The minimum Gasteiger partial charge on any atom is -0.310 e. The molecule has 0 fully saturated rings. The molecule has 9 aromatic rings. The summed E-state index contributed by atoms with van der Waals surface area (Å²) >= 11 is 0. The first kappa shape index (κ1) is 35.0. The summed E-state index contributed by atoms with van der Waals surface area (Å²) in [6.45, 7) is 4.72. The van der Waals surface area contributed by atoms with E-state index < -0.39 is 5.41 Å². The van der Waals surface area contributed by atoms with Crippen LogP contribution in [0.4, 0.5) is 17.1 Å². The Balaban J connectivity index is 1.10. The third-order valence-corrected chi connectivity index (χ3v) is 13.0. The second kappa shape index (κ2) is 13.7. The lowest BCUT2D eigenvalue weighted by Crippen LogP contribution is -2.28. The third-order valence-electron chi connectivity index (χ3n) is 13.0. The van der Waals surface area contributed by atoms with Crippen molar-refractivity contribution in [2.45, 2.75) is 24.7 Å². The Labute approximate surface area is 347 Å². The van der Waals surface area contributed by atoms with Gasteiger partial charge < -0.3 is 4.90 Å². The molecule has 59 heavy (non-hydrogen) atoms. The number of nitrogens with zero attached hydrogens (tertiary/aromatic N) is 1. The van der Waals surface area contributed by atoms with E-state index in [0.29, 0.717) is 0 Å². The van der Waals surface area contributed by atoms with Crippen LogP contribution in [0.3, 0.4) is 0 Å². The Morgan fingerprint density at radius 3 is 1.53 bits per heavy atom. The minimum absolute atomic E-state index is 0.109. The average molecular weight is 754 g/mol. The molecule has 0 heterocycles. The summed E-state index contributed by atoms with van der Waals surface area (Å²) in [7, 11) is 0. The smallest absolute Gasteiger partial charge is 0.0713 e. The van der Waals surface area contributed by atoms with Crippen molar-refractivity contribution in [3.05, 3.63) is 258 Å². The number of rotatable bonds is 7. The van der Waals surface area contributed by atoms with E-state index in [1.807, 2.05) is 0 Å². The largest absolute Gasteiger partial charge is 0.310 e. The minimum atomic E-state index is -0.442. The highest BCUT2D eigenvalue weighted by atomic mass is 15.1. The first-order valence-electron chi connectivity index (χ1n) is 20.7. The van der Waals surface area contributed by atoms with Crippen molar-refractivity contribution < 1.29 is 0 Å². The molecule has 0 bridgehead atoms. The predicted octanol–water partition coefficient (Wildman–Crippen LogP) is 15.2. The normalized spacial score (nSPS) is 13.9. The predicted molar refractivity (Wildman–Crippen MR) is 247 cm³/mol. The van der Waals surface area contributed by atoms with Crippen molar-refractivity contribution in [2.75, 3.05) is 4.90 Å². The highest BCUT2D eigenvalue weighted by molar-refractivity contribution is 5.98. The fraction of sp³-hybridized carbons (Fsp3) is 0.0690. The Kier molecular flexibility index (Phi) is 8.13. The van der Waals surface area contributed by atoms with Crippen molar-refractivity contribution >= 4 is 17.1 Å². The van der Waals surface area contributed by atoms with Crippen LogP contribution >= 0.6 is 0 Å². The molecule has 1 heteroatoms. The monoisotopic (exact) mass is 753 g/mol. The SMILES string of the molecule is CC1(C)c2ccccc2-c2c(N(c3ccc(-c4cccc5c4-c4ccccc4C5(c4ccccc4)c4ccccc4)cc3)c3cccc(-c4ccccc4)c3)cccc21. The quantitative estimate of drug-likeness (QED) is 0.157. The standard InChI is InChI=1S/C58H43N/c1-57(2)50-30-14-12-27-48(50)56-52(57)32-18-34-54(56)59(46-26-16-21-42(39-46)40-19-6-3-7-20-40)45-37-35-41(36-38-45)47-29-17-33-53-55(47)49-28-13-15-31-51(49)58(53,43-22-8-4-9-23-43)44-24-10-5-11-25-44/h3-39H,1-2H3. The van der Waals surface area contributed by atoms with Crippen molar-refractivity contribution in [3.63, 3.8) is 0 Å². The van der Waals surface area contributed by atoms with E-state index in [-0.39, 0.29) is 5.41 Å². The summed E-state index contributed by atoms with van der Waals surface area (Å²) in [6, 6.07) is 82.8. The van der Waals surface area contributed by atoms with E-state index >= 15 is 0 Å². The molecule has 0 N–H and O–H groups in total. The number of hydrogen-bond donors (Lipinski definition) is 0. The molecule has 0 radical (unpaired) electrons. The summed E-state index contributed by atoms with van der Waals surface area (Å²) in [5.41, 5.74) is 20.8. The molecule has 11 rings (SSSR count). The lowest BCUT2D eigenvalue weighted by atomic mass is 9.67. The van der Waals surface area contributed by atoms with Gasteiger partial charge in [0.15, 0.2) is 0 Å². The molecular weight excluding hydrogens is 711 g/mol. The Bertz CT molecular complexity index is 2960. The van der Waals surface area contributed by atoms with Crippen LogP contribution in [0.2, 0.25) is 0 Å². The summed E-state index contributed by atoms with van der Waals surface area (Å²) in [5.74, 6) is 0. The van der Waals surface area contributed by atoms with Crippen molar-refractivity contribution in [2.24, 2.45) is 0 Å². The topological polar surface area (TPSA) is 3.24 Å². The molecule has 0 aliphatic heterocycles. The first-order chi connectivity index (χ1) is 29.0. The molecule has 2 aliphatic rings. The van der Waals surface area contributed by atoms with Gasteiger partial charge in [0, 0.05) is 22.4 Å². The highest BCUT2D eigenvalue weighted by Crippen LogP contribution is 2.59. The Morgan fingerprint density at radius 2 is 0.831 bits per heavy atom. The van der Waals surface area contributed by atoms with Crippen molar-refractivity contribution in [1.82, 2.24) is 0 Å². The first-order valence-corrected chi connectivity index (χ1v) is 20.7. The molecular formula is C58H43N. The van der Waals surface area contributed by atoms with Crippen LogP contribution in [-0.4, -0.2) is 0 Å². The van der Waals surface area contributed by atoms with Gasteiger partial charge in [-0.3, -0.25) is 0 Å². The van der Waals surface area contributed by atoms with Crippen LogP contribution in [0.15, 0.2) is 224 Å².